The number of nitrogens with zero attached hydrogens (tertiary/aromatic N) is 4. The Labute approximate surface area is 174 Å². The second kappa shape index (κ2) is 9.88. The molecule has 0 spiro atoms. The predicted molar refractivity (Wildman–Crippen MR) is 121 cm³/mol. The smallest absolute Gasteiger partial charge is 0.134 e. The maximum Gasteiger partial charge on any atom is 0.134 e. The van der Waals surface area contributed by atoms with Crippen LogP contribution in [-0.4, -0.2) is 53.6 Å². The number of nitrogens with one attached hydrogen (secondary N) is 1. The van der Waals surface area contributed by atoms with Crippen molar-refractivity contribution in [1.82, 2.24) is 14.9 Å². The third kappa shape index (κ3) is 5.80. The highest BCUT2D eigenvalue weighted by Crippen LogP contribution is 2.23. The van der Waals surface area contributed by atoms with Gasteiger partial charge in [-0.25, -0.2) is 9.97 Å². The van der Waals surface area contributed by atoms with E-state index in [4.69, 9.17) is 4.98 Å². The molecule has 5 nitrogen and oxygen atoms in total. The maximum absolute atomic E-state index is 4.72. The van der Waals surface area contributed by atoms with Gasteiger partial charge in [0.15, 0.2) is 0 Å². The Balaban J connectivity index is 1.30. The average Bonchev–Trinajstić information content (AvgIpc) is 2.75. The van der Waals surface area contributed by atoms with Crippen molar-refractivity contribution < 1.29 is 0 Å². The van der Waals surface area contributed by atoms with E-state index in [-0.39, 0.29) is 0 Å². The lowest BCUT2D eigenvalue weighted by molar-refractivity contribution is 0.283. The fourth-order valence-electron chi connectivity index (χ4n) is 4.31. The van der Waals surface area contributed by atoms with Crippen LogP contribution in [0.15, 0.2) is 42.5 Å². The van der Waals surface area contributed by atoms with Crippen molar-refractivity contribution in [3.05, 3.63) is 53.9 Å². The van der Waals surface area contributed by atoms with Gasteiger partial charge in [-0.1, -0.05) is 61.7 Å². The first-order valence-electron chi connectivity index (χ1n) is 11.1. The second-order valence-electron chi connectivity index (χ2n) is 8.24. The lowest BCUT2D eigenvalue weighted by Crippen LogP contribution is -2.46. The number of aryl methyl sites for hydroxylation is 1. The van der Waals surface area contributed by atoms with Crippen LogP contribution in [0.2, 0.25) is 0 Å². The highest BCUT2D eigenvalue weighted by molar-refractivity contribution is 5.51. The first-order chi connectivity index (χ1) is 14.3. The van der Waals surface area contributed by atoms with Crippen LogP contribution in [0.25, 0.3) is 6.08 Å². The zero-order chi connectivity index (χ0) is 19.9. The molecule has 5 heteroatoms. The lowest BCUT2D eigenvalue weighted by atomic mass is 9.95. The Morgan fingerprint density at radius 2 is 1.76 bits per heavy atom. The van der Waals surface area contributed by atoms with Crippen molar-refractivity contribution in [3.63, 3.8) is 0 Å². The Bertz CT molecular complexity index is 790. The van der Waals surface area contributed by atoms with Gasteiger partial charge < -0.3 is 10.2 Å². The molecule has 0 bridgehead atoms. The van der Waals surface area contributed by atoms with Crippen LogP contribution in [0, 0.1) is 6.92 Å². The van der Waals surface area contributed by atoms with Gasteiger partial charge >= 0.3 is 0 Å². The molecule has 2 heterocycles. The monoisotopic (exact) mass is 391 g/mol. The molecule has 0 radical (unpaired) electrons. The number of hydrogen-bond donors (Lipinski definition) is 1. The Kier molecular flexibility index (Phi) is 6.78. The summed E-state index contributed by atoms with van der Waals surface area (Å²) in [6.45, 7) is 7.15. The van der Waals surface area contributed by atoms with Crippen molar-refractivity contribution in [2.75, 3.05) is 42.9 Å². The van der Waals surface area contributed by atoms with E-state index >= 15 is 0 Å². The molecule has 1 N–H and O–H groups in total. The molecule has 2 aliphatic rings. The minimum absolute atomic E-state index is 0.569. The minimum atomic E-state index is 0.569. The zero-order valence-corrected chi connectivity index (χ0v) is 17.6. The van der Waals surface area contributed by atoms with E-state index in [1.165, 1.54) is 37.7 Å². The number of hydrogen-bond acceptors (Lipinski definition) is 5. The number of benzene rings is 1. The summed E-state index contributed by atoms with van der Waals surface area (Å²) < 4.78 is 0. The second-order valence-corrected chi connectivity index (χ2v) is 8.24. The van der Waals surface area contributed by atoms with Crippen molar-refractivity contribution in [3.8, 4) is 0 Å². The van der Waals surface area contributed by atoms with Crippen molar-refractivity contribution in [1.29, 1.82) is 0 Å². The largest absolute Gasteiger partial charge is 0.367 e. The number of aromatic nitrogens is 2. The molecular formula is C24H33N5. The summed E-state index contributed by atoms with van der Waals surface area (Å²) in [4.78, 5) is 14.3. The quantitative estimate of drug-likeness (QED) is 0.792. The van der Waals surface area contributed by atoms with E-state index in [0.29, 0.717) is 6.04 Å². The fourth-order valence-corrected chi connectivity index (χ4v) is 4.31. The van der Waals surface area contributed by atoms with Crippen LogP contribution in [0.3, 0.4) is 0 Å². The van der Waals surface area contributed by atoms with Gasteiger partial charge in [-0.3, -0.25) is 4.90 Å². The molecule has 1 aliphatic carbocycles. The number of anilines is 2. The molecule has 2 aromatic rings. The van der Waals surface area contributed by atoms with Gasteiger partial charge in [-0.15, -0.1) is 0 Å². The van der Waals surface area contributed by atoms with E-state index in [1.807, 2.05) is 6.92 Å². The molecule has 4 rings (SSSR count). The normalized spacial score (nSPS) is 19.0. The summed E-state index contributed by atoms with van der Waals surface area (Å²) >= 11 is 0. The fraction of sp³-hybridized carbons (Fsp3) is 0.500. The Hall–Kier alpha value is -2.40. The summed E-state index contributed by atoms with van der Waals surface area (Å²) in [6.07, 6.45) is 11.0. The molecule has 29 heavy (non-hydrogen) atoms. The summed E-state index contributed by atoms with van der Waals surface area (Å²) in [7, 11) is 0. The molecule has 0 amide bonds. The highest BCUT2D eigenvalue weighted by Gasteiger charge is 2.19. The molecule has 2 fully saturated rings. The Morgan fingerprint density at radius 1 is 1.00 bits per heavy atom. The van der Waals surface area contributed by atoms with Crippen LogP contribution in [-0.2, 0) is 0 Å². The topological polar surface area (TPSA) is 44.3 Å². The first-order valence-corrected chi connectivity index (χ1v) is 11.1. The molecule has 1 aromatic carbocycles. The Morgan fingerprint density at radius 3 is 2.52 bits per heavy atom. The van der Waals surface area contributed by atoms with Gasteiger partial charge in [0, 0.05) is 44.8 Å². The van der Waals surface area contributed by atoms with Crippen LogP contribution >= 0.6 is 0 Å². The van der Waals surface area contributed by atoms with E-state index in [0.717, 1.165) is 50.2 Å². The average molecular weight is 392 g/mol. The van der Waals surface area contributed by atoms with Gasteiger partial charge in [0.25, 0.3) is 0 Å². The summed E-state index contributed by atoms with van der Waals surface area (Å²) in [5, 5.41) is 3.66. The SMILES string of the molecule is Cc1nc(NC2CCCCC2)cc(N2CCN(C/C=C/c3ccccc3)CC2)n1. The number of piperazine rings is 1. The predicted octanol–water partition coefficient (Wildman–Crippen LogP) is 4.37. The molecule has 154 valence electrons. The molecule has 1 aliphatic heterocycles. The molecule has 0 unspecified atom stereocenters. The van der Waals surface area contributed by atoms with Gasteiger partial charge in [0.1, 0.15) is 17.5 Å². The van der Waals surface area contributed by atoms with Crippen molar-refractivity contribution in [2.45, 2.75) is 45.1 Å². The van der Waals surface area contributed by atoms with Gasteiger partial charge in [-0.05, 0) is 25.3 Å². The molecule has 1 aromatic heterocycles. The van der Waals surface area contributed by atoms with Crippen molar-refractivity contribution >= 4 is 17.7 Å². The maximum atomic E-state index is 4.72. The van der Waals surface area contributed by atoms with E-state index < -0.39 is 0 Å². The zero-order valence-electron chi connectivity index (χ0n) is 17.6. The summed E-state index contributed by atoms with van der Waals surface area (Å²) in [5.41, 5.74) is 1.26. The highest BCUT2D eigenvalue weighted by atomic mass is 15.3. The first kappa shape index (κ1) is 19.9. The summed E-state index contributed by atoms with van der Waals surface area (Å²) in [5.74, 6) is 2.91. The molecular weight excluding hydrogens is 358 g/mol. The van der Waals surface area contributed by atoms with Crippen LogP contribution < -0.4 is 10.2 Å². The molecule has 1 saturated carbocycles. The van der Waals surface area contributed by atoms with Crippen LogP contribution in [0.5, 0.6) is 0 Å². The molecule has 0 atom stereocenters. The van der Waals surface area contributed by atoms with Crippen molar-refractivity contribution in [2.24, 2.45) is 0 Å². The van der Waals surface area contributed by atoms with Crippen LogP contribution in [0.4, 0.5) is 11.6 Å². The third-order valence-electron chi connectivity index (χ3n) is 5.95. The lowest BCUT2D eigenvalue weighted by Gasteiger charge is -2.35. The standard InChI is InChI=1S/C24H33N5/c1-20-25-23(27-22-12-6-3-7-13-22)19-24(26-20)29-17-15-28(16-18-29)14-8-11-21-9-4-2-5-10-21/h2,4-5,8-11,19,22H,3,6-7,12-18H2,1H3,(H,25,26,27)/b11-8+. The minimum Gasteiger partial charge on any atom is -0.367 e. The number of rotatable bonds is 6. The van der Waals surface area contributed by atoms with Gasteiger partial charge in [-0.2, -0.15) is 0 Å². The molecule has 1 saturated heterocycles. The van der Waals surface area contributed by atoms with E-state index in [9.17, 15) is 0 Å². The van der Waals surface area contributed by atoms with Gasteiger partial charge in [0.05, 0.1) is 0 Å². The van der Waals surface area contributed by atoms with E-state index in [2.05, 4.69) is 68.7 Å². The summed E-state index contributed by atoms with van der Waals surface area (Å²) in [6, 6.07) is 13.2. The van der Waals surface area contributed by atoms with Gasteiger partial charge in [0.2, 0.25) is 0 Å². The van der Waals surface area contributed by atoms with Crippen LogP contribution in [0.1, 0.15) is 43.5 Å². The van der Waals surface area contributed by atoms with E-state index in [1.54, 1.807) is 0 Å². The third-order valence-corrected chi connectivity index (χ3v) is 5.95.